The predicted octanol–water partition coefficient (Wildman–Crippen LogP) is 2.58. The van der Waals surface area contributed by atoms with Crippen LogP contribution in [0.5, 0.6) is 0 Å². The molecule has 2 atom stereocenters. The second-order valence-corrected chi connectivity index (χ2v) is 6.27. The third-order valence-electron chi connectivity index (χ3n) is 4.09. The Morgan fingerprint density at radius 1 is 1.27 bits per heavy atom. The Morgan fingerprint density at radius 3 is 2.47 bits per heavy atom. The topological polar surface area (TPSA) is 21.3 Å². The van der Waals surface area contributed by atoms with Gasteiger partial charge in [0, 0.05) is 13.1 Å². The maximum absolute atomic E-state index is 6.41. The Balaban J connectivity index is 2.01. The molecule has 1 saturated heterocycles. The summed E-state index contributed by atoms with van der Waals surface area (Å²) >= 11 is 0. The number of hydrogen-bond acceptors (Lipinski definition) is 2. The summed E-state index contributed by atoms with van der Waals surface area (Å²) in [6.07, 6.45) is 4.07. The van der Waals surface area contributed by atoms with E-state index in [2.05, 4.69) is 33.0 Å². The molecule has 1 heterocycles. The lowest BCUT2D eigenvalue weighted by molar-refractivity contribution is -0.185. The molecular weight excluding hydrogens is 186 g/mol. The number of morpholine rings is 1. The second kappa shape index (κ2) is 3.74. The van der Waals surface area contributed by atoms with Crippen LogP contribution in [0.2, 0.25) is 0 Å². The van der Waals surface area contributed by atoms with Gasteiger partial charge in [-0.05, 0) is 32.1 Å². The lowest BCUT2D eigenvalue weighted by Gasteiger charge is -2.48. The molecule has 1 N–H and O–H groups in total. The van der Waals surface area contributed by atoms with E-state index in [9.17, 15) is 0 Å². The fraction of sp³-hybridized carbons (Fsp3) is 1.00. The molecule has 15 heavy (non-hydrogen) atoms. The molecule has 2 rings (SSSR count). The van der Waals surface area contributed by atoms with Gasteiger partial charge in [0.1, 0.15) is 0 Å². The van der Waals surface area contributed by atoms with Gasteiger partial charge in [-0.2, -0.15) is 0 Å². The minimum absolute atomic E-state index is 0.0158. The first-order valence-electron chi connectivity index (χ1n) is 6.34. The van der Waals surface area contributed by atoms with Gasteiger partial charge in [0.2, 0.25) is 0 Å². The zero-order chi connectivity index (χ0) is 11.1. The molecule has 0 aromatic rings. The molecule has 2 nitrogen and oxygen atoms in total. The zero-order valence-corrected chi connectivity index (χ0v) is 10.6. The summed E-state index contributed by atoms with van der Waals surface area (Å²) in [6.45, 7) is 11.0. The van der Waals surface area contributed by atoms with Gasteiger partial charge >= 0.3 is 0 Å². The van der Waals surface area contributed by atoms with Crippen LogP contribution < -0.4 is 5.32 Å². The Kier molecular flexibility index (Phi) is 2.85. The Hall–Kier alpha value is -0.0800. The molecule has 0 aromatic carbocycles. The molecule has 2 unspecified atom stereocenters. The first kappa shape index (κ1) is 11.4. The highest BCUT2D eigenvalue weighted by molar-refractivity contribution is 4.96. The molecule has 0 radical (unpaired) electrons. The first-order valence-corrected chi connectivity index (χ1v) is 6.34. The highest BCUT2D eigenvalue weighted by Crippen LogP contribution is 2.41. The molecule has 0 amide bonds. The van der Waals surface area contributed by atoms with Crippen LogP contribution in [-0.4, -0.2) is 24.3 Å². The van der Waals surface area contributed by atoms with Crippen molar-refractivity contribution in [3.05, 3.63) is 0 Å². The van der Waals surface area contributed by atoms with Gasteiger partial charge in [-0.15, -0.1) is 0 Å². The van der Waals surface area contributed by atoms with Gasteiger partial charge in [-0.25, -0.2) is 0 Å². The van der Waals surface area contributed by atoms with E-state index in [-0.39, 0.29) is 11.2 Å². The van der Waals surface area contributed by atoms with E-state index in [4.69, 9.17) is 4.74 Å². The SMILES string of the molecule is CC(C)C1(C)CNCC(C)(CC2CC2)O1. The Bertz CT molecular complexity index is 237. The molecule has 1 aliphatic carbocycles. The van der Waals surface area contributed by atoms with Crippen LogP contribution in [0.4, 0.5) is 0 Å². The molecule has 2 aliphatic rings. The fourth-order valence-electron chi connectivity index (χ4n) is 2.58. The molecule has 0 aromatic heterocycles. The van der Waals surface area contributed by atoms with E-state index in [1.807, 2.05) is 0 Å². The average Bonchev–Trinajstić information content (AvgIpc) is 2.86. The maximum atomic E-state index is 6.41. The molecule has 2 fully saturated rings. The van der Waals surface area contributed by atoms with Crippen LogP contribution in [0.25, 0.3) is 0 Å². The van der Waals surface area contributed by atoms with Crippen LogP contribution in [-0.2, 0) is 4.74 Å². The van der Waals surface area contributed by atoms with Gasteiger partial charge < -0.3 is 10.1 Å². The zero-order valence-electron chi connectivity index (χ0n) is 10.6. The van der Waals surface area contributed by atoms with E-state index in [1.54, 1.807) is 0 Å². The van der Waals surface area contributed by atoms with E-state index in [1.165, 1.54) is 19.3 Å². The predicted molar refractivity (Wildman–Crippen MR) is 62.9 cm³/mol. The van der Waals surface area contributed by atoms with Crippen molar-refractivity contribution in [3.8, 4) is 0 Å². The molecule has 1 aliphatic heterocycles. The van der Waals surface area contributed by atoms with Gasteiger partial charge in [-0.1, -0.05) is 26.7 Å². The Labute approximate surface area is 93.8 Å². The van der Waals surface area contributed by atoms with E-state index < -0.39 is 0 Å². The van der Waals surface area contributed by atoms with E-state index >= 15 is 0 Å². The maximum Gasteiger partial charge on any atom is 0.0809 e. The van der Waals surface area contributed by atoms with E-state index in [0.717, 1.165) is 19.0 Å². The smallest absolute Gasteiger partial charge is 0.0809 e. The number of ether oxygens (including phenoxy) is 1. The van der Waals surface area contributed by atoms with Gasteiger partial charge in [0.05, 0.1) is 11.2 Å². The quantitative estimate of drug-likeness (QED) is 0.774. The molecular formula is C13H25NO. The number of rotatable bonds is 3. The van der Waals surface area contributed by atoms with Crippen molar-refractivity contribution < 1.29 is 4.74 Å². The van der Waals surface area contributed by atoms with Crippen molar-refractivity contribution in [1.29, 1.82) is 0 Å². The van der Waals surface area contributed by atoms with Crippen molar-refractivity contribution >= 4 is 0 Å². The van der Waals surface area contributed by atoms with Crippen molar-refractivity contribution in [2.24, 2.45) is 11.8 Å². The first-order chi connectivity index (χ1) is 6.94. The highest BCUT2D eigenvalue weighted by Gasteiger charge is 2.44. The lowest BCUT2D eigenvalue weighted by atomic mass is 9.86. The van der Waals surface area contributed by atoms with Gasteiger partial charge in [-0.3, -0.25) is 0 Å². The fourth-order valence-corrected chi connectivity index (χ4v) is 2.58. The van der Waals surface area contributed by atoms with Crippen molar-refractivity contribution in [2.45, 2.75) is 58.2 Å². The molecule has 0 bridgehead atoms. The third kappa shape index (κ3) is 2.54. The number of hydrogen-bond donors (Lipinski definition) is 1. The van der Waals surface area contributed by atoms with Crippen molar-refractivity contribution in [3.63, 3.8) is 0 Å². The summed E-state index contributed by atoms with van der Waals surface area (Å²) in [7, 11) is 0. The van der Waals surface area contributed by atoms with Crippen LogP contribution in [0.15, 0.2) is 0 Å². The van der Waals surface area contributed by atoms with Crippen LogP contribution in [0.3, 0.4) is 0 Å². The standard InChI is InChI=1S/C13H25NO/c1-10(2)13(4)9-14-8-12(3,15-13)7-11-5-6-11/h10-11,14H,5-9H2,1-4H3. The second-order valence-electron chi connectivity index (χ2n) is 6.27. The van der Waals surface area contributed by atoms with Crippen molar-refractivity contribution in [2.75, 3.05) is 13.1 Å². The lowest BCUT2D eigenvalue weighted by Crippen LogP contribution is -2.60. The Morgan fingerprint density at radius 2 is 1.93 bits per heavy atom. The summed E-state index contributed by atoms with van der Waals surface area (Å²) in [5, 5.41) is 3.56. The number of nitrogens with one attached hydrogen (secondary N) is 1. The minimum atomic E-state index is 0.0158. The van der Waals surface area contributed by atoms with Gasteiger partial charge in [0.15, 0.2) is 0 Å². The normalized spacial score (nSPS) is 42.2. The average molecular weight is 211 g/mol. The monoisotopic (exact) mass is 211 g/mol. The van der Waals surface area contributed by atoms with Crippen molar-refractivity contribution in [1.82, 2.24) is 5.32 Å². The highest BCUT2D eigenvalue weighted by atomic mass is 16.5. The molecule has 1 saturated carbocycles. The molecule has 0 spiro atoms. The molecule has 2 heteroatoms. The molecule has 88 valence electrons. The third-order valence-corrected chi connectivity index (χ3v) is 4.09. The van der Waals surface area contributed by atoms with Gasteiger partial charge in [0.25, 0.3) is 0 Å². The summed E-state index contributed by atoms with van der Waals surface area (Å²) in [4.78, 5) is 0. The summed E-state index contributed by atoms with van der Waals surface area (Å²) in [5.41, 5.74) is 0.0837. The summed E-state index contributed by atoms with van der Waals surface area (Å²) in [6, 6.07) is 0. The summed E-state index contributed by atoms with van der Waals surface area (Å²) < 4.78 is 6.41. The van der Waals surface area contributed by atoms with Crippen LogP contribution in [0.1, 0.15) is 47.0 Å². The largest absolute Gasteiger partial charge is 0.366 e. The van der Waals surface area contributed by atoms with Crippen LogP contribution in [0, 0.1) is 11.8 Å². The van der Waals surface area contributed by atoms with E-state index in [0.29, 0.717) is 5.92 Å². The minimum Gasteiger partial charge on any atom is -0.366 e. The summed E-state index contributed by atoms with van der Waals surface area (Å²) in [5.74, 6) is 1.51. The van der Waals surface area contributed by atoms with Crippen LogP contribution >= 0.6 is 0 Å².